The molecule has 3 rings (SSSR count). The van der Waals surface area contributed by atoms with E-state index in [0.717, 1.165) is 0 Å². The van der Waals surface area contributed by atoms with Gasteiger partial charge in [0.05, 0.1) is 22.0 Å². The molecule has 2 aliphatic rings. The van der Waals surface area contributed by atoms with Crippen molar-refractivity contribution in [2.75, 3.05) is 17.3 Å². The molecule has 1 aromatic carbocycles. The van der Waals surface area contributed by atoms with Gasteiger partial charge in [-0.3, -0.25) is 14.4 Å². The number of hydrogen-bond donors (Lipinski definition) is 0. The van der Waals surface area contributed by atoms with Gasteiger partial charge in [-0.25, -0.2) is 0 Å². The lowest BCUT2D eigenvalue weighted by atomic mass is 10.0. The smallest absolute Gasteiger partial charge is 0.228 e. The molecular weight excluding hydrogens is 354 g/mol. The van der Waals surface area contributed by atoms with Crippen molar-refractivity contribution >= 4 is 58.3 Å². The fraction of sp³-hybridized carbons (Fsp3) is 0.188. The lowest BCUT2D eigenvalue weighted by molar-refractivity contribution is -0.121. The average molecular weight is 366 g/mol. The van der Waals surface area contributed by atoms with E-state index in [2.05, 4.69) is 0 Å². The molecule has 1 amide bonds. The van der Waals surface area contributed by atoms with Crippen molar-refractivity contribution in [2.24, 2.45) is 0 Å². The van der Waals surface area contributed by atoms with Gasteiger partial charge in [0.2, 0.25) is 5.91 Å². The van der Waals surface area contributed by atoms with Gasteiger partial charge in [0.25, 0.3) is 0 Å². The normalized spacial score (nSPS) is 17.5. The number of halogens is 1. The van der Waals surface area contributed by atoms with Gasteiger partial charge in [-0.1, -0.05) is 35.7 Å². The van der Waals surface area contributed by atoms with Gasteiger partial charge in [0.1, 0.15) is 0 Å². The highest BCUT2D eigenvalue weighted by Gasteiger charge is 2.34. The zero-order chi connectivity index (χ0) is 16.4. The molecule has 0 N–H and O–H groups in total. The number of rotatable bonds is 2. The van der Waals surface area contributed by atoms with E-state index in [1.807, 2.05) is 10.8 Å². The van der Waals surface area contributed by atoms with E-state index in [0.29, 0.717) is 15.5 Å². The topological polar surface area (TPSA) is 54.5 Å². The van der Waals surface area contributed by atoms with Crippen molar-refractivity contribution in [1.29, 1.82) is 0 Å². The maximum Gasteiger partial charge on any atom is 0.228 e. The summed E-state index contributed by atoms with van der Waals surface area (Å²) >= 11 is 8.37. The molecule has 0 atom stereocenters. The second kappa shape index (κ2) is 6.95. The van der Waals surface area contributed by atoms with Crippen LogP contribution >= 0.6 is 35.1 Å². The molecule has 0 unspecified atom stereocenters. The van der Waals surface area contributed by atoms with Crippen LogP contribution in [0.2, 0.25) is 0 Å². The molecule has 23 heavy (non-hydrogen) atoms. The second-order valence-electron chi connectivity index (χ2n) is 4.86. The number of hydrogen-bond acceptors (Lipinski definition) is 5. The molecule has 0 bridgehead atoms. The lowest BCUT2D eigenvalue weighted by Crippen LogP contribution is -2.35. The molecule has 0 aliphatic carbocycles. The monoisotopic (exact) mass is 365 g/mol. The van der Waals surface area contributed by atoms with Gasteiger partial charge in [-0.15, -0.1) is 11.6 Å². The van der Waals surface area contributed by atoms with Crippen LogP contribution in [-0.4, -0.2) is 29.9 Å². The number of ketones is 2. The molecule has 4 nitrogen and oxygen atoms in total. The Kier molecular flexibility index (Phi) is 4.94. The Bertz CT molecular complexity index is 747. The van der Waals surface area contributed by atoms with Crippen LogP contribution in [0.1, 0.15) is 16.8 Å². The minimum Gasteiger partial charge on any atom is -0.304 e. The summed E-state index contributed by atoms with van der Waals surface area (Å²) in [6, 6.07) is 6.81. The van der Waals surface area contributed by atoms with Gasteiger partial charge in [-0.2, -0.15) is 0 Å². The predicted octanol–water partition coefficient (Wildman–Crippen LogP) is 3.58. The van der Waals surface area contributed by atoms with Crippen LogP contribution in [0.25, 0.3) is 0 Å². The highest BCUT2D eigenvalue weighted by Crippen LogP contribution is 2.42. The van der Waals surface area contributed by atoms with Crippen molar-refractivity contribution in [3.8, 4) is 0 Å². The summed E-state index contributed by atoms with van der Waals surface area (Å²) in [5, 5.41) is 3.67. The second-order valence-corrected chi connectivity index (χ2v) is 7.33. The molecule has 1 aromatic rings. The average Bonchev–Trinajstić information content (AvgIpc) is 3.03. The van der Waals surface area contributed by atoms with E-state index in [1.54, 1.807) is 24.3 Å². The number of thioether (sulfide) groups is 2. The Morgan fingerprint density at radius 2 is 1.87 bits per heavy atom. The van der Waals surface area contributed by atoms with E-state index in [9.17, 15) is 14.4 Å². The van der Waals surface area contributed by atoms with E-state index in [4.69, 9.17) is 11.6 Å². The van der Waals surface area contributed by atoms with Crippen LogP contribution in [0.5, 0.6) is 0 Å². The number of nitrogens with zero attached hydrogens (tertiary/aromatic N) is 1. The molecule has 0 aromatic heterocycles. The first-order chi connectivity index (χ1) is 11.1. The molecule has 0 saturated heterocycles. The maximum atomic E-state index is 12.9. The standard InChI is InChI=1S/C16H12ClNO3S2/c17-6-5-13(20)18-9-12(19)14(16-22-7-8-23-16)15(21)10-3-1-2-4-11(10)18/h1-4,7-8H,5-6,9H2. The van der Waals surface area contributed by atoms with Crippen molar-refractivity contribution in [1.82, 2.24) is 0 Å². The van der Waals surface area contributed by atoms with Crippen LogP contribution in [0, 0.1) is 0 Å². The number of carbonyl (C=O) groups is 3. The molecule has 2 aliphatic heterocycles. The van der Waals surface area contributed by atoms with E-state index in [-0.39, 0.29) is 41.9 Å². The maximum absolute atomic E-state index is 12.9. The summed E-state index contributed by atoms with van der Waals surface area (Å²) in [6.07, 6.45) is 0.119. The number of amides is 1. The lowest BCUT2D eigenvalue weighted by Gasteiger charge is -2.21. The SMILES string of the molecule is O=C1CN(C(=O)CCCl)c2ccccc2C(=O)C1=C1SC=CS1. The Morgan fingerprint density at radius 3 is 2.57 bits per heavy atom. The minimum atomic E-state index is -0.340. The zero-order valence-electron chi connectivity index (χ0n) is 12.0. The number of alkyl halides is 1. The molecule has 0 fully saturated rings. The summed E-state index contributed by atoms with van der Waals surface area (Å²) in [7, 11) is 0. The minimum absolute atomic E-state index is 0.119. The predicted molar refractivity (Wildman–Crippen MR) is 94.8 cm³/mol. The number of benzene rings is 1. The number of para-hydroxylation sites is 1. The Hall–Kier alpha value is -1.50. The molecule has 2 heterocycles. The fourth-order valence-electron chi connectivity index (χ4n) is 2.44. The Labute approximate surface area is 146 Å². The van der Waals surface area contributed by atoms with Crippen molar-refractivity contribution in [3.63, 3.8) is 0 Å². The van der Waals surface area contributed by atoms with Gasteiger partial charge in [-0.05, 0) is 22.9 Å². The molecule has 0 radical (unpaired) electrons. The van der Waals surface area contributed by atoms with Crippen LogP contribution < -0.4 is 4.90 Å². The highest BCUT2D eigenvalue weighted by molar-refractivity contribution is 8.27. The molecule has 0 spiro atoms. The largest absolute Gasteiger partial charge is 0.304 e. The number of Topliss-reactive ketones (excluding diaryl/α,β-unsaturated/α-hetero) is 2. The van der Waals surface area contributed by atoms with E-state index in [1.165, 1.54) is 28.4 Å². The highest BCUT2D eigenvalue weighted by atomic mass is 35.5. The summed E-state index contributed by atoms with van der Waals surface area (Å²) in [5.74, 6) is -0.758. The third-order valence-corrected chi connectivity index (χ3v) is 5.79. The molecule has 118 valence electrons. The summed E-state index contributed by atoms with van der Waals surface area (Å²) in [5.41, 5.74) is 1.01. The van der Waals surface area contributed by atoms with Crippen molar-refractivity contribution < 1.29 is 14.4 Å². The van der Waals surface area contributed by atoms with Crippen LogP contribution in [0.15, 0.2) is 44.9 Å². The first-order valence-corrected chi connectivity index (χ1v) is 9.18. The summed E-state index contributed by atoms with van der Waals surface area (Å²) in [4.78, 5) is 39.2. The molecular formula is C16H12ClNO3S2. The van der Waals surface area contributed by atoms with Gasteiger partial charge >= 0.3 is 0 Å². The molecule has 0 saturated carbocycles. The third-order valence-electron chi connectivity index (χ3n) is 3.47. The quantitative estimate of drug-likeness (QED) is 0.455. The van der Waals surface area contributed by atoms with E-state index >= 15 is 0 Å². The van der Waals surface area contributed by atoms with Crippen LogP contribution in [-0.2, 0) is 9.59 Å². The molecule has 7 heteroatoms. The fourth-order valence-corrected chi connectivity index (χ4v) is 4.50. The summed E-state index contributed by atoms with van der Waals surface area (Å²) < 4.78 is 0.668. The third kappa shape index (κ3) is 3.11. The van der Waals surface area contributed by atoms with Gasteiger partial charge < -0.3 is 4.90 Å². The van der Waals surface area contributed by atoms with Gasteiger partial charge in [0, 0.05) is 17.9 Å². The van der Waals surface area contributed by atoms with Crippen molar-refractivity contribution in [2.45, 2.75) is 6.42 Å². The number of carbonyl (C=O) groups excluding carboxylic acids is 3. The summed E-state index contributed by atoms with van der Waals surface area (Å²) in [6.45, 7) is -0.140. The first kappa shape index (κ1) is 16.4. The van der Waals surface area contributed by atoms with Crippen molar-refractivity contribution in [3.05, 3.63) is 50.5 Å². The van der Waals surface area contributed by atoms with Crippen LogP contribution in [0.4, 0.5) is 5.69 Å². The number of fused-ring (bicyclic) bond motifs is 1. The Morgan fingerprint density at radius 1 is 1.17 bits per heavy atom. The van der Waals surface area contributed by atoms with E-state index < -0.39 is 0 Å². The zero-order valence-corrected chi connectivity index (χ0v) is 14.3. The number of anilines is 1. The Balaban J connectivity index is 2.12. The van der Waals surface area contributed by atoms with Crippen LogP contribution in [0.3, 0.4) is 0 Å². The first-order valence-electron chi connectivity index (χ1n) is 6.89. The van der Waals surface area contributed by atoms with Gasteiger partial charge in [0.15, 0.2) is 11.6 Å².